The maximum atomic E-state index is 6.23. The van der Waals surface area contributed by atoms with Gasteiger partial charge in [0, 0.05) is 58.0 Å². The number of hydrogen-bond acceptors (Lipinski definition) is 8. The minimum Gasteiger partial charge on any atom is -0.393 e. The molecule has 2 N–H and O–H groups in total. The zero-order chi connectivity index (χ0) is 17.1. The topological polar surface area (TPSA) is 102 Å². The Balaban J connectivity index is 1.82. The van der Waals surface area contributed by atoms with Crippen LogP contribution in [-0.2, 0) is 6.54 Å². The minimum absolute atomic E-state index is 0.467. The summed E-state index contributed by atoms with van der Waals surface area (Å²) in [6.07, 6.45) is 8.53. The van der Waals surface area contributed by atoms with Gasteiger partial charge in [-0.15, -0.1) is 0 Å². The third-order valence-corrected chi connectivity index (χ3v) is 3.44. The molecule has 9 heteroatoms. The smallest absolute Gasteiger partial charge is 0.224 e. The SMILES string of the molecule is CN(C)c1ncc(CN(C)c2ncnc(-n3cccn3)c2N)cn1. The van der Waals surface area contributed by atoms with Crippen LogP contribution in [0.1, 0.15) is 5.56 Å². The number of nitrogen functional groups attached to an aromatic ring is 1. The number of nitrogens with zero attached hydrogens (tertiary/aromatic N) is 8. The summed E-state index contributed by atoms with van der Waals surface area (Å²) in [5.74, 6) is 1.85. The van der Waals surface area contributed by atoms with Crippen LogP contribution in [-0.4, -0.2) is 50.9 Å². The molecule has 0 aromatic carbocycles. The van der Waals surface area contributed by atoms with Gasteiger partial charge in [-0.1, -0.05) is 0 Å². The molecule has 0 aliphatic rings. The molecule has 3 aromatic heterocycles. The second-order valence-electron chi connectivity index (χ2n) is 5.53. The van der Waals surface area contributed by atoms with E-state index in [0.29, 0.717) is 29.8 Å². The van der Waals surface area contributed by atoms with Crippen molar-refractivity contribution in [3.8, 4) is 5.82 Å². The summed E-state index contributed by atoms with van der Waals surface area (Å²) < 4.78 is 1.61. The number of anilines is 3. The van der Waals surface area contributed by atoms with Crippen LogP contribution in [0.4, 0.5) is 17.5 Å². The lowest BCUT2D eigenvalue weighted by molar-refractivity contribution is 0.827. The Morgan fingerprint density at radius 1 is 1.08 bits per heavy atom. The Hall–Kier alpha value is -3.23. The van der Waals surface area contributed by atoms with Gasteiger partial charge < -0.3 is 15.5 Å². The summed E-state index contributed by atoms with van der Waals surface area (Å²) in [6.45, 7) is 0.577. The molecule has 0 unspecified atom stereocenters. The van der Waals surface area contributed by atoms with Crippen LogP contribution in [0.15, 0.2) is 37.2 Å². The van der Waals surface area contributed by atoms with E-state index in [-0.39, 0.29) is 0 Å². The molecule has 0 amide bonds. The van der Waals surface area contributed by atoms with Crippen LogP contribution >= 0.6 is 0 Å². The highest BCUT2D eigenvalue weighted by molar-refractivity contribution is 5.69. The lowest BCUT2D eigenvalue weighted by Crippen LogP contribution is -2.21. The van der Waals surface area contributed by atoms with Gasteiger partial charge in [-0.3, -0.25) is 0 Å². The Bertz CT molecular complexity index is 796. The van der Waals surface area contributed by atoms with Crippen molar-refractivity contribution in [1.82, 2.24) is 29.7 Å². The summed E-state index contributed by atoms with van der Waals surface area (Å²) in [5.41, 5.74) is 7.65. The molecule has 0 fully saturated rings. The number of hydrogen-bond donors (Lipinski definition) is 1. The van der Waals surface area contributed by atoms with Gasteiger partial charge in [0.25, 0.3) is 0 Å². The van der Waals surface area contributed by atoms with Crippen molar-refractivity contribution in [3.05, 3.63) is 42.7 Å². The molecule has 0 radical (unpaired) electrons. The highest BCUT2D eigenvalue weighted by Gasteiger charge is 2.14. The maximum Gasteiger partial charge on any atom is 0.224 e. The first kappa shape index (κ1) is 15.7. The molecule has 0 saturated carbocycles. The molecular weight excluding hydrogens is 306 g/mol. The van der Waals surface area contributed by atoms with Gasteiger partial charge in [0.15, 0.2) is 11.6 Å². The Kier molecular flexibility index (Phi) is 4.23. The fraction of sp³-hybridized carbons (Fsp3) is 0.267. The average molecular weight is 325 g/mol. The van der Waals surface area contributed by atoms with Gasteiger partial charge in [-0.05, 0) is 6.07 Å². The Labute approximate surface area is 139 Å². The number of nitrogens with two attached hydrogens (primary N) is 1. The predicted octanol–water partition coefficient (Wildman–Crippen LogP) is 0.737. The van der Waals surface area contributed by atoms with Gasteiger partial charge in [0.05, 0.1) is 0 Å². The van der Waals surface area contributed by atoms with E-state index in [4.69, 9.17) is 5.73 Å². The van der Waals surface area contributed by atoms with Crippen molar-refractivity contribution >= 4 is 17.5 Å². The standard InChI is InChI=1S/C15H19N9/c1-22(2)15-17-7-11(8-18-15)9-23(3)13-12(16)14(20-10-19-13)24-6-4-5-21-24/h4-8,10H,9,16H2,1-3H3. The van der Waals surface area contributed by atoms with E-state index in [1.165, 1.54) is 6.33 Å². The van der Waals surface area contributed by atoms with Crippen molar-refractivity contribution < 1.29 is 0 Å². The largest absolute Gasteiger partial charge is 0.393 e. The van der Waals surface area contributed by atoms with Crippen molar-refractivity contribution in [2.24, 2.45) is 0 Å². The van der Waals surface area contributed by atoms with Crippen molar-refractivity contribution in [2.45, 2.75) is 6.54 Å². The fourth-order valence-corrected chi connectivity index (χ4v) is 2.27. The van der Waals surface area contributed by atoms with Gasteiger partial charge in [-0.25, -0.2) is 24.6 Å². The molecule has 9 nitrogen and oxygen atoms in total. The molecule has 24 heavy (non-hydrogen) atoms. The molecule has 0 bridgehead atoms. The Morgan fingerprint density at radius 3 is 2.46 bits per heavy atom. The molecule has 3 heterocycles. The maximum absolute atomic E-state index is 6.23. The van der Waals surface area contributed by atoms with Crippen LogP contribution in [0.5, 0.6) is 0 Å². The quantitative estimate of drug-likeness (QED) is 0.733. The minimum atomic E-state index is 0.467. The van der Waals surface area contributed by atoms with E-state index in [0.717, 1.165) is 5.56 Å². The number of rotatable bonds is 5. The lowest BCUT2D eigenvalue weighted by atomic mass is 10.3. The van der Waals surface area contributed by atoms with E-state index >= 15 is 0 Å². The van der Waals surface area contributed by atoms with E-state index in [1.807, 2.05) is 37.0 Å². The molecule has 3 aromatic rings. The summed E-state index contributed by atoms with van der Waals surface area (Å²) in [4.78, 5) is 20.9. The van der Waals surface area contributed by atoms with E-state index in [2.05, 4.69) is 25.0 Å². The molecule has 0 saturated heterocycles. The molecule has 0 spiro atoms. The third-order valence-electron chi connectivity index (χ3n) is 3.44. The molecule has 0 atom stereocenters. The molecular formula is C15H19N9. The van der Waals surface area contributed by atoms with Crippen molar-refractivity contribution in [2.75, 3.05) is 36.7 Å². The number of aromatic nitrogens is 6. The summed E-state index contributed by atoms with van der Waals surface area (Å²) in [6, 6.07) is 1.81. The van der Waals surface area contributed by atoms with Crippen LogP contribution in [0.25, 0.3) is 5.82 Å². The summed E-state index contributed by atoms with van der Waals surface area (Å²) in [7, 11) is 5.71. The van der Waals surface area contributed by atoms with Crippen molar-refractivity contribution in [3.63, 3.8) is 0 Å². The monoisotopic (exact) mass is 325 g/mol. The van der Waals surface area contributed by atoms with E-state index in [9.17, 15) is 0 Å². The first-order chi connectivity index (χ1) is 11.6. The predicted molar refractivity (Wildman–Crippen MR) is 92.0 cm³/mol. The highest BCUT2D eigenvalue weighted by atomic mass is 15.3. The molecule has 3 rings (SSSR count). The average Bonchev–Trinajstić information content (AvgIpc) is 3.09. The zero-order valence-corrected chi connectivity index (χ0v) is 13.8. The van der Waals surface area contributed by atoms with Crippen LogP contribution < -0.4 is 15.5 Å². The molecule has 0 aliphatic heterocycles. The van der Waals surface area contributed by atoms with Crippen molar-refractivity contribution in [1.29, 1.82) is 0 Å². The molecule has 124 valence electrons. The van der Waals surface area contributed by atoms with Gasteiger partial charge in [-0.2, -0.15) is 5.10 Å². The first-order valence-electron chi connectivity index (χ1n) is 7.36. The molecule has 0 aliphatic carbocycles. The second-order valence-corrected chi connectivity index (χ2v) is 5.53. The zero-order valence-electron chi connectivity index (χ0n) is 13.8. The fourth-order valence-electron chi connectivity index (χ4n) is 2.27. The van der Waals surface area contributed by atoms with Gasteiger partial charge in [0.1, 0.15) is 12.0 Å². The van der Waals surface area contributed by atoms with Crippen LogP contribution in [0.2, 0.25) is 0 Å². The van der Waals surface area contributed by atoms with Gasteiger partial charge in [0.2, 0.25) is 5.95 Å². The van der Waals surface area contributed by atoms with Crippen LogP contribution in [0.3, 0.4) is 0 Å². The Morgan fingerprint density at radius 2 is 1.83 bits per heavy atom. The lowest BCUT2D eigenvalue weighted by Gasteiger charge is -2.20. The normalized spacial score (nSPS) is 10.6. The van der Waals surface area contributed by atoms with Gasteiger partial charge >= 0.3 is 0 Å². The summed E-state index contributed by atoms with van der Waals surface area (Å²) in [5, 5.41) is 4.16. The van der Waals surface area contributed by atoms with E-state index < -0.39 is 0 Å². The van der Waals surface area contributed by atoms with E-state index in [1.54, 1.807) is 29.5 Å². The summed E-state index contributed by atoms with van der Waals surface area (Å²) >= 11 is 0. The highest BCUT2D eigenvalue weighted by Crippen LogP contribution is 2.24. The third kappa shape index (κ3) is 3.09. The second kappa shape index (κ2) is 6.49. The van der Waals surface area contributed by atoms with Crippen LogP contribution in [0, 0.1) is 0 Å². The first-order valence-corrected chi connectivity index (χ1v) is 7.36.